The van der Waals surface area contributed by atoms with Gasteiger partial charge < -0.3 is 15.0 Å². The number of carbonyl (C=O) groups is 2. The van der Waals surface area contributed by atoms with Crippen LogP contribution in [0.2, 0.25) is 5.02 Å². The van der Waals surface area contributed by atoms with Gasteiger partial charge in [-0.15, -0.1) is 0 Å². The first kappa shape index (κ1) is 23.6. The molecule has 0 spiro atoms. The van der Waals surface area contributed by atoms with E-state index in [1.165, 1.54) is 0 Å². The largest absolute Gasteiger partial charge is 0.466 e. The zero-order valence-electron chi connectivity index (χ0n) is 19.0. The minimum Gasteiger partial charge on any atom is -0.466 e. The standard InChI is InChI=1S/C26H31ClN2O4/c1-2-33-25(31)5-3-4-17-8-9-18(14-22(17)27)21(15-19-10-13-24(30)28-19)23-12-11-20(16-6-7-16)26(32)29-23/h8-9,11-12,14,16,19,21H,2-7,10,13,15H2,1H3,(H,28,30)(H,29,32)/t19-,21?/m1/s1. The lowest BCUT2D eigenvalue weighted by Crippen LogP contribution is -2.28. The zero-order chi connectivity index (χ0) is 23.4. The Morgan fingerprint density at radius 1 is 1.18 bits per heavy atom. The number of rotatable bonds is 10. The summed E-state index contributed by atoms with van der Waals surface area (Å²) in [6.45, 7) is 2.19. The fraction of sp³-hybridized carbons (Fsp3) is 0.500. The summed E-state index contributed by atoms with van der Waals surface area (Å²) in [7, 11) is 0. The van der Waals surface area contributed by atoms with Crippen molar-refractivity contribution < 1.29 is 14.3 Å². The number of ether oxygens (including phenoxy) is 1. The molecule has 1 saturated heterocycles. The second-order valence-corrected chi connectivity index (χ2v) is 9.48. The van der Waals surface area contributed by atoms with Gasteiger partial charge in [0.15, 0.2) is 0 Å². The van der Waals surface area contributed by atoms with E-state index in [0.29, 0.717) is 49.7 Å². The number of aryl methyl sites for hydroxylation is 1. The second-order valence-electron chi connectivity index (χ2n) is 9.07. The van der Waals surface area contributed by atoms with Crippen LogP contribution in [0.25, 0.3) is 0 Å². The summed E-state index contributed by atoms with van der Waals surface area (Å²) in [5.41, 5.74) is 3.68. The molecule has 6 nitrogen and oxygen atoms in total. The van der Waals surface area contributed by atoms with Gasteiger partial charge in [0.25, 0.3) is 5.56 Å². The number of aromatic nitrogens is 1. The lowest BCUT2D eigenvalue weighted by molar-refractivity contribution is -0.143. The molecule has 1 unspecified atom stereocenters. The van der Waals surface area contributed by atoms with Crippen molar-refractivity contribution in [3.05, 3.63) is 68.1 Å². The normalized spacial score (nSPS) is 18.7. The summed E-state index contributed by atoms with van der Waals surface area (Å²) in [5, 5.41) is 3.69. The molecular formula is C26H31ClN2O4. The Morgan fingerprint density at radius 2 is 2.00 bits per heavy atom. The minimum atomic E-state index is -0.192. The number of halogens is 1. The summed E-state index contributed by atoms with van der Waals surface area (Å²) in [5.74, 6) is 0.188. The van der Waals surface area contributed by atoms with Crippen molar-refractivity contribution in [1.82, 2.24) is 10.3 Å². The lowest BCUT2D eigenvalue weighted by Gasteiger charge is -2.22. The maximum atomic E-state index is 12.7. The predicted octanol–water partition coefficient (Wildman–Crippen LogP) is 4.59. The van der Waals surface area contributed by atoms with Gasteiger partial charge in [0, 0.05) is 41.1 Å². The molecule has 4 rings (SSSR count). The van der Waals surface area contributed by atoms with Crippen LogP contribution >= 0.6 is 11.6 Å². The quantitative estimate of drug-likeness (QED) is 0.497. The van der Waals surface area contributed by atoms with Gasteiger partial charge in [0.2, 0.25) is 5.91 Å². The first-order valence-electron chi connectivity index (χ1n) is 11.9. The Kier molecular flexibility index (Phi) is 7.53. The first-order chi connectivity index (χ1) is 15.9. The highest BCUT2D eigenvalue weighted by molar-refractivity contribution is 6.31. The summed E-state index contributed by atoms with van der Waals surface area (Å²) in [4.78, 5) is 39.2. The second kappa shape index (κ2) is 10.6. The van der Waals surface area contributed by atoms with Crippen molar-refractivity contribution >= 4 is 23.5 Å². The third kappa shape index (κ3) is 6.05. The van der Waals surface area contributed by atoms with E-state index in [-0.39, 0.29) is 29.4 Å². The number of carbonyl (C=O) groups excluding carboxylic acids is 2. The van der Waals surface area contributed by atoms with Gasteiger partial charge in [-0.05, 0) is 74.6 Å². The summed E-state index contributed by atoms with van der Waals surface area (Å²) in [6, 6.07) is 10.0. The van der Waals surface area contributed by atoms with Crippen LogP contribution in [0.15, 0.2) is 35.1 Å². The topological polar surface area (TPSA) is 88.3 Å². The van der Waals surface area contributed by atoms with Crippen LogP contribution in [0, 0.1) is 0 Å². The highest BCUT2D eigenvalue weighted by Gasteiger charge is 2.29. The molecule has 1 amide bonds. The third-order valence-electron chi connectivity index (χ3n) is 6.57. The van der Waals surface area contributed by atoms with Gasteiger partial charge in [-0.1, -0.05) is 29.8 Å². The molecule has 2 heterocycles. The van der Waals surface area contributed by atoms with Crippen molar-refractivity contribution in [2.24, 2.45) is 0 Å². The summed E-state index contributed by atoms with van der Waals surface area (Å²) >= 11 is 6.63. The Morgan fingerprint density at radius 3 is 2.64 bits per heavy atom. The van der Waals surface area contributed by atoms with Crippen LogP contribution in [-0.2, 0) is 20.7 Å². The first-order valence-corrected chi connectivity index (χ1v) is 12.3. The van der Waals surface area contributed by atoms with E-state index in [2.05, 4.69) is 10.3 Å². The zero-order valence-corrected chi connectivity index (χ0v) is 19.7. The molecule has 176 valence electrons. The number of pyridine rings is 1. The SMILES string of the molecule is CCOC(=O)CCCc1ccc(C(C[C@H]2CCC(=O)N2)c2ccc(C3CC3)c(=O)[nH]2)cc1Cl. The molecule has 1 aromatic heterocycles. The number of nitrogens with one attached hydrogen (secondary N) is 2. The molecule has 2 atom stereocenters. The van der Waals surface area contributed by atoms with Gasteiger partial charge in [-0.25, -0.2) is 0 Å². The number of H-pyrrole nitrogens is 1. The Balaban J connectivity index is 1.54. The number of amides is 1. The van der Waals surface area contributed by atoms with Crippen LogP contribution in [0.1, 0.15) is 86.1 Å². The lowest BCUT2D eigenvalue weighted by atomic mass is 9.87. The molecule has 0 bridgehead atoms. The number of esters is 1. The molecule has 7 heteroatoms. The Bertz CT molecular complexity index is 1080. The third-order valence-corrected chi connectivity index (χ3v) is 6.92. The van der Waals surface area contributed by atoms with Crippen LogP contribution in [0.5, 0.6) is 0 Å². The van der Waals surface area contributed by atoms with E-state index in [4.69, 9.17) is 16.3 Å². The van der Waals surface area contributed by atoms with E-state index < -0.39 is 0 Å². The number of hydrogen-bond acceptors (Lipinski definition) is 4. The molecule has 1 aromatic carbocycles. The molecule has 1 aliphatic heterocycles. The fourth-order valence-corrected chi connectivity index (χ4v) is 4.92. The van der Waals surface area contributed by atoms with E-state index in [1.54, 1.807) is 6.92 Å². The highest BCUT2D eigenvalue weighted by atomic mass is 35.5. The van der Waals surface area contributed by atoms with Crippen molar-refractivity contribution in [3.63, 3.8) is 0 Å². The average Bonchev–Trinajstić information content (AvgIpc) is 3.54. The molecule has 0 radical (unpaired) electrons. The van der Waals surface area contributed by atoms with E-state index in [9.17, 15) is 14.4 Å². The van der Waals surface area contributed by atoms with Crippen molar-refractivity contribution in [3.8, 4) is 0 Å². The smallest absolute Gasteiger partial charge is 0.305 e. The number of benzene rings is 1. The van der Waals surface area contributed by atoms with Crippen molar-refractivity contribution in [1.29, 1.82) is 0 Å². The molecule has 2 fully saturated rings. The molecule has 1 saturated carbocycles. The van der Waals surface area contributed by atoms with Crippen molar-refractivity contribution in [2.75, 3.05) is 6.61 Å². The maximum Gasteiger partial charge on any atom is 0.305 e. The van der Waals surface area contributed by atoms with E-state index in [0.717, 1.165) is 41.6 Å². The Hall–Kier alpha value is -2.60. The summed E-state index contributed by atoms with van der Waals surface area (Å²) in [6.07, 6.45) is 5.90. The molecular weight excluding hydrogens is 440 g/mol. The Labute approximate surface area is 199 Å². The maximum absolute atomic E-state index is 12.7. The van der Waals surface area contributed by atoms with Crippen LogP contribution < -0.4 is 10.9 Å². The van der Waals surface area contributed by atoms with Gasteiger partial charge >= 0.3 is 5.97 Å². The molecule has 2 aromatic rings. The fourth-order valence-electron chi connectivity index (χ4n) is 4.64. The number of hydrogen-bond donors (Lipinski definition) is 2. The minimum absolute atomic E-state index is 0.0165. The van der Waals surface area contributed by atoms with Crippen LogP contribution in [-0.4, -0.2) is 29.5 Å². The monoisotopic (exact) mass is 470 g/mol. The van der Waals surface area contributed by atoms with Crippen molar-refractivity contribution in [2.45, 2.75) is 76.2 Å². The predicted molar refractivity (Wildman–Crippen MR) is 128 cm³/mol. The van der Waals surface area contributed by atoms with Gasteiger partial charge in [-0.3, -0.25) is 14.4 Å². The van der Waals surface area contributed by atoms with E-state index in [1.807, 2.05) is 30.3 Å². The van der Waals surface area contributed by atoms with Crippen LogP contribution in [0.4, 0.5) is 0 Å². The molecule has 33 heavy (non-hydrogen) atoms. The molecule has 2 aliphatic rings. The highest BCUT2D eigenvalue weighted by Crippen LogP contribution is 2.39. The number of aromatic amines is 1. The molecule has 1 aliphatic carbocycles. The van der Waals surface area contributed by atoms with Gasteiger partial charge in [0.05, 0.1) is 6.61 Å². The van der Waals surface area contributed by atoms with Gasteiger partial charge in [0.1, 0.15) is 0 Å². The average molecular weight is 471 g/mol. The van der Waals surface area contributed by atoms with Gasteiger partial charge in [-0.2, -0.15) is 0 Å². The van der Waals surface area contributed by atoms with Crippen LogP contribution in [0.3, 0.4) is 0 Å². The van der Waals surface area contributed by atoms with E-state index >= 15 is 0 Å². The molecule has 2 N–H and O–H groups in total. The summed E-state index contributed by atoms with van der Waals surface area (Å²) < 4.78 is 4.99.